The van der Waals surface area contributed by atoms with Crippen molar-refractivity contribution in [3.05, 3.63) is 82.0 Å². The van der Waals surface area contributed by atoms with Crippen LogP contribution < -0.4 is 10.8 Å². The Balaban J connectivity index is 1.98. The third-order valence-corrected chi connectivity index (χ3v) is 4.51. The average molecular weight is 364 g/mol. The molecule has 0 atom stereocenters. The Hall–Kier alpha value is -2.99. The van der Waals surface area contributed by atoms with Gasteiger partial charge in [0.2, 0.25) is 0 Å². The highest BCUT2D eigenvalue weighted by Crippen LogP contribution is 2.20. The molecule has 0 aliphatic carbocycles. The molecule has 3 aromatic rings. The number of nitrogens with zero attached hydrogens (tertiary/aromatic N) is 4. The molecular formula is C21H24N4O2. The number of hydrogen-bond acceptors (Lipinski definition) is 5. The molecule has 0 amide bonds. The maximum atomic E-state index is 12.8. The topological polar surface area (TPSA) is 60.3 Å². The predicted molar refractivity (Wildman–Crippen MR) is 106 cm³/mol. The van der Waals surface area contributed by atoms with Gasteiger partial charge in [-0.05, 0) is 29.5 Å². The fourth-order valence-electron chi connectivity index (χ4n) is 3.09. The lowest BCUT2D eigenvalue weighted by Gasteiger charge is -2.20. The lowest BCUT2D eigenvalue weighted by atomic mass is 10.0. The smallest absolute Gasteiger partial charge is 0.274 e. The molecular weight excluding hydrogens is 340 g/mol. The SMILES string of the molecule is CCc1cccc(CC)c1-n1cnc(N(Cc2ccccc2)OC)nc1=O. The van der Waals surface area contributed by atoms with Crippen molar-refractivity contribution < 1.29 is 4.84 Å². The van der Waals surface area contributed by atoms with Crippen molar-refractivity contribution in [1.29, 1.82) is 0 Å². The van der Waals surface area contributed by atoms with Gasteiger partial charge in [-0.15, -0.1) is 0 Å². The summed E-state index contributed by atoms with van der Waals surface area (Å²) in [5.74, 6) is 0.245. The molecule has 0 fully saturated rings. The van der Waals surface area contributed by atoms with Gasteiger partial charge in [-0.25, -0.2) is 14.8 Å². The number of hydroxylamine groups is 1. The molecule has 2 aromatic carbocycles. The molecule has 0 aliphatic rings. The largest absolute Gasteiger partial charge is 0.356 e. The fourth-order valence-corrected chi connectivity index (χ4v) is 3.09. The number of anilines is 1. The Bertz CT molecular complexity index is 932. The van der Waals surface area contributed by atoms with Crippen LogP contribution in [0.2, 0.25) is 0 Å². The van der Waals surface area contributed by atoms with Crippen molar-refractivity contribution in [3.8, 4) is 5.69 Å². The van der Waals surface area contributed by atoms with Crippen LogP contribution in [0.15, 0.2) is 59.7 Å². The number of rotatable bonds is 7. The second kappa shape index (κ2) is 8.60. The van der Waals surface area contributed by atoms with Crippen LogP contribution in [0.25, 0.3) is 5.69 Å². The molecule has 140 valence electrons. The van der Waals surface area contributed by atoms with Gasteiger partial charge in [-0.2, -0.15) is 4.98 Å². The molecule has 1 aromatic heterocycles. The molecule has 0 bridgehead atoms. The Morgan fingerprint density at radius 2 is 1.67 bits per heavy atom. The molecule has 1 heterocycles. The summed E-state index contributed by atoms with van der Waals surface area (Å²) in [4.78, 5) is 26.7. The normalized spacial score (nSPS) is 10.8. The Kier molecular flexibility index (Phi) is 5.98. The van der Waals surface area contributed by atoms with Gasteiger partial charge < -0.3 is 0 Å². The summed E-state index contributed by atoms with van der Waals surface area (Å²) in [5, 5.41) is 1.51. The van der Waals surface area contributed by atoms with Crippen LogP contribution in [0, 0.1) is 0 Å². The predicted octanol–water partition coefficient (Wildman–Crippen LogP) is 3.32. The van der Waals surface area contributed by atoms with Crippen LogP contribution in [-0.2, 0) is 24.2 Å². The number of aryl methyl sites for hydroxylation is 2. The Labute approximate surface area is 159 Å². The summed E-state index contributed by atoms with van der Waals surface area (Å²) in [6.07, 6.45) is 3.19. The lowest BCUT2D eigenvalue weighted by Crippen LogP contribution is -2.30. The summed E-state index contributed by atoms with van der Waals surface area (Å²) in [7, 11) is 1.54. The van der Waals surface area contributed by atoms with Gasteiger partial charge in [0, 0.05) is 0 Å². The van der Waals surface area contributed by atoms with E-state index in [-0.39, 0.29) is 11.6 Å². The molecule has 0 radical (unpaired) electrons. The molecule has 27 heavy (non-hydrogen) atoms. The van der Waals surface area contributed by atoms with Crippen LogP contribution in [0.5, 0.6) is 0 Å². The highest BCUT2D eigenvalue weighted by molar-refractivity contribution is 5.48. The molecule has 0 unspecified atom stereocenters. The monoisotopic (exact) mass is 364 g/mol. The van der Waals surface area contributed by atoms with E-state index < -0.39 is 0 Å². The van der Waals surface area contributed by atoms with E-state index in [0.717, 1.165) is 35.2 Å². The van der Waals surface area contributed by atoms with Crippen molar-refractivity contribution in [3.63, 3.8) is 0 Å². The summed E-state index contributed by atoms with van der Waals surface area (Å²) < 4.78 is 1.53. The number of aromatic nitrogens is 3. The third-order valence-electron chi connectivity index (χ3n) is 4.51. The first-order valence-corrected chi connectivity index (χ1v) is 9.10. The lowest BCUT2D eigenvalue weighted by molar-refractivity contribution is 0.157. The van der Waals surface area contributed by atoms with E-state index in [4.69, 9.17) is 4.84 Å². The van der Waals surface area contributed by atoms with E-state index in [9.17, 15) is 4.79 Å². The Morgan fingerprint density at radius 3 is 2.22 bits per heavy atom. The molecule has 3 rings (SSSR count). The highest BCUT2D eigenvalue weighted by atomic mass is 16.7. The van der Waals surface area contributed by atoms with Crippen LogP contribution >= 0.6 is 0 Å². The van der Waals surface area contributed by atoms with E-state index in [2.05, 4.69) is 23.8 Å². The van der Waals surface area contributed by atoms with Crippen LogP contribution in [0.3, 0.4) is 0 Å². The minimum absolute atomic E-state index is 0.245. The number of hydrogen-bond donors (Lipinski definition) is 0. The zero-order chi connectivity index (χ0) is 19.2. The van der Waals surface area contributed by atoms with Crippen molar-refractivity contribution in [2.24, 2.45) is 0 Å². The second-order valence-corrected chi connectivity index (χ2v) is 6.15. The van der Waals surface area contributed by atoms with E-state index in [1.807, 2.05) is 48.5 Å². The van der Waals surface area contributed by atoms with E-state index in [0.29, 0.717) is 6.54 Å². The number of para-hydroxylation sites is 1. The van der Waals surface area contributed by atoms with Gasteiger partial charge in [0.15, 0.2) is 0 Å². The van der Waals surface area contributed by atoms with Crippen molar-refractivity contribution >= 4 is 5.95 Å². The maximum absolute atomic E-state index is 12.8. The summed E-state index contributed by atoms with van der Waals surface area (Å²) in [5.41, 5.74) is 3.75. The Morgan fingerprint density at radius 1 is 1.00 bits per heavy atom. The molecule has 0 N–H and O–H groups in total. The van der Waals surface area contributed by atoms with Gasteiger partial charge >= 0.3 is 5.69 Å². The minimum Gasteiger partial charge on any atom is -0.274 e. The average Bonchev–Trinajstić information content (AvgIpc) is 2.72. The molecule has 0 saturated heterocycles. The summed E-state index contributed by atoms with van der Waals surface area (Å²) in [6, 6.07) is 15.9. The molecule has 0 saturated carbocycles. The first-order chi connectivity index (χ1) is 13.2. The van der Waals surface area contributed by atoms with Crippen LogP contribution in [-0.4, -0.2) is 21.6 Å². The van der Waals surface area contributed by atoms with Crippen LogP contribution in [0.4, 0.5) is 5.95 Å². The highest BCUT2D eigenvalue weighted by Gasteiger charge is 2.15. The summed E-state index contributed by atoms with van der Waals surface area (Å²) in [6.45, 7) is 4.60. The number of benzene rings is 2. The molecule has 0 aliphatic heterocycles. The van der Waals surface area contributed by atoms with Crippen molar-refractivity contribution in [1.82, 2.24) is 14.5 Å². The van der Waals surface area contributed by atoms with Gasteiger partial charge in [0.1, 0.15) is 6.33 Å². The van der Waals surface area contributed by atoms with Gasteiger partial charge in [-0.3, -0.25) is 9.40 Å². The zero-order valence-electron chi connectivity index (χ0n) is 15.9. The van der Waals surface area contributed by atoms with Gasteiger partial charge in [0.25, 0.3) is 5.95 Å². The molecule has 0 spiro atoms. The quantitative estimate of drug-likeness (QED) is 0.602. The molecule has 6 nitrogen and oxygen atoms in total. The van der Waals surface area contributed by atoms with Gasteiger partial charge in [0.05, 0.1) is 19.3 Å². The van der Waals surface area contributed by atoms with Crippen molar-refractivity contribution in [2.45, 2.75) is 33.2 Å². The summed E-state index contributed by atoms with van der Waals surface area (Å²) >= 11 is 0. The van der Waals surface area contributed by atoms with Gasteiger partial charge in [-0.1, -0.05) is 62.4 Å². The van der Waals surface area contributed by atoms with E-state index in [1.165, 1.54) is 16.0 Å². The molecule has 6 heteroatoms. The first-order valence-electron chi connectivity index (χ1n) is 9.10. The standard InChI is InChI=1S/C21H24N4O2/c1-4-17-12-9-13-18(5-2)19(17)24-15-22-20(23-21(24)26)25(27-3)14-16-10-7-6-8-11-16/h6-13,15H,4-5,14H2,1-3H3. The zero-order valence-corrected chi connectivity index (χ0v) is 15.9. The first kappa shape index (κ1) is 18.8. The minimum atomic E-state index is -0.370. The third kappa shape index (κ3) is 4.06. The fraction of sp³-hybridized carbons (Fsp3) is 0.286. The second-order valence-electron chi connectivity index (χ2n) is 6.15. The van der Waals surface area contributed by atoms with E-state index in [1.54, 1.807) is 7.11 Å². The van der Waals surface area contributed by atoms with Crippen molar-refractivity contribution in [2.75, 3.05) is 12.2 Å². The van der Waals surface area contributed by atoms with E-state index >= 15 is 0 Å². The maximum Gasteiger partial charge on any atom is 0.356 e. The van der Waals surface area contributed by atoms with Crippen LogP contribution in [0.1, 0.15) is 30.5 Å².